The molecule has 0 heterocycles. The molecule has 1 aliphatic rings. The van der Waals surface area contributed by atoms with Crippen molar-refractivity contribution in [3.63, 3.8) is 0 Å². The third-order valence-electron chi connectivity index (χ3n) is 12.5. The fourth-order valence-electron chi connectivity index (χ4n) is 9.74. The van der Waals surface area contributed by atoms with Crippen molar-refractivity contribution in [3.8, 4) is 44.5 Å². The molecule has 10 aromatic rings. The van der Waals surface area contributed by atoms with Crippen LogP contribution in [0.4, 0.5) is 17.1 Å². The van der Waals surface area contributed by atoms with Crippen LogP contribution in [0.25, 0.3) is 66.1 Å². The summed E-state index contributed by atoms with van der Waals surface area (Å²) in [6.45, 7) is 2.38. The molecule has 278 valence electrons. The standard InChI is InChI=1S/C58H41N/c1-58(44-24-10-4-11-25-44)54-32-17-16-30-50(54)52-39-47(34-36-55(52)58)59(45-26-12-5-13-27-45)46-28-18-23-42(37-46)43-33-35-49-48-29-14-15-31-51(48)56(40-19-6-2-7-20-40)57(53(49)38-43)41-21-8-3-9-22-41/h2-39H,1H3. The minimum Gasteiger partial charge on any atom is -0.310 e. The molecule has 0 saturated heterocycles. The molecule has 0 amide bonds. The Bertz CT molecular complexity index is 3150. The maximum Gasteiger partial charge on any atom is 0.0468 e. The second-order valence-electron chi connectivity index (χ2n) is 15.8. The summed E-state index contributed by atoms with van der Waals surface area (Å²) in [5, 5.41) is 5.03. The monoisotopic (exact) mass is 751 g/mol. The highest BCUT2D eigenvalue weighted by atomic mass is 15.1. The number of fused-ring (bicyclic) bond motifs is 6. The summed E-state index contributed by atoms with van der Waals surface area (Å²) < 4.78 is 0. The Hall–Kier alpha value is -7.48. The molecule has 0 saturated carbocycles. The summed E-state index contributed by atoms with van der Waals surface area (Å²) in [5.74, 6) is 0. The van der Waals surface area contributed by atoms with Gasteiger partial charge in [-0.15, -0.1) is 0 Å². The molecular weight excluding hydrogens is 711 g/mol. The first-order valence-electron chi connectivity index (χ1n) is 20.5. The lowest BCUT2D eigenvalue weighted by Gasteiger charge is -2.29. The third-order valence-corrected chi connectivity index (χ3v) is 12.5. The van der Waals surface area contributed by atoms with E-state index in [1.807, 2.05) is 0 Å². The van der Waals surface area contributed by atoms with Gasteiger partial charge in [0.05, 0.1) is 0 Å². The number of hydrogen-bond donors (Lipinski definition) is 0. The van der Waals surface area contributed by atoms with Gasteiger partial charge in [0, 0.05) is 22.5 Å². The molecule has 59 heavy (non-hydrogen) atoms. The zero-order chi connectivity index (χ0) is 39.3. The van der Waals surface area contributed by atoms with Gasteiger partial charge in [0.1, 0.15) is 0 Å². The van der Waals surface area contributed by atoms with Crippen LogP contribution in [0.1, 0.15) is 23.6 Å². The molecule has 1 nitrogen and oxygen atoms in total. The minimum absolute atomic E-state index is 0.246. The van der Waals surface area contributed by atoms with E-state index >= 15 is 0 Å². The molecule has 1 aliphatic carbocycles. The van der Waals surface area contributed by atoms with Crippen LogP contribution in [0.3, 0.4) is 0 Å². The number of para-hydroxylation sites is 1. The molecule has 11 rings (SSSR count). The van der Waals surface area contributed by atoms with E-state index in [4.69, 9.17) is 0 Å². The van der Waals surface area contributed by atoms with Crippen molar-refractivity contribution >= 4 is 38.6 Å². The Kier molecular flexibility index (Phi) is 8.34. The minimum atomic E-state index is -0.246. The maximum atomic E-state index is 2.42. The van der Waals surface area contributed by atoms with Crippen LogP contribution in [0, 0.1) is 0 Å². The zero-order valence-corrected chi connectivity index (χ0v) is 32.9. The Morgan fingerprint density at radius 2 is 0.814 bits per heavy atom. The molecule has 1 unspecified atom stereocenters. The molecule has 0 fully saturated rings. The van der Waals surface area contributed by atoms with Crippen LogP contribution in [-0.4, -0.2) is 0 Å². The molecule has 0 radical (unpaired) electrons. The smallest absolute Gasteiger partial charge is 0.0468 e. The predicted molar refractivity (Wildman–Crippen MR) is 250 cm³/mol. The molecule has 10 aromatic carbocycles. The first kappa shape index (κ1) is 34.7. The number of anilines is 3. The summed E-state index contributed by atoms with van der Waals surface area (Å²) in [6.07, 6.45) is 0. The second kappa shape index (κ2) is 14.2. The highest BCUT2D eigenvalue weighted by Gasteiger charge is 2.40. The van der Waals surface area contributed by atoms with Crippen molar-refractivity contribution < 1.29 is 0 Å². The van der Waals surface area contributed by atoms with E-state index in [1.165, 1.54) is 82.7 Å². The zero-order valence-electron chi connectivity index (χ0n) is 32.9. The van der Waals surface area contributed by atoms with Gasteiger partial charge in [-0.3, -0.25) is 0 Å². The van der Waals surface area contributed by atoms with E-state index in [2.05, 4.69) is 242 Å². The van der Waals surface area contributed by atoms with Crippen LogP contribution in [0.5, 0.6) is 0 Å². The Balaban J connectivity index is 1.09. The Labute approximate surface area is 346 Å². The number of hydrogen-bond acceptors (Lipinski definition) is 1. The predicted octanol–water partition coefficient (Wildman–Crippen LogP) is 15.8. The molecule has 1 atom stereocenters. The van der Waals surface area contributed by atoms with Gasteiger partial charge < -0.3 is 4.90 Å². The van der Waals surface area contributed by atoms with Crippen LogP contribution < -0.4 is 4.90 Å². The quantitative estimate of drug-likeness (QED) is 0.147. The van der Waals surface area contributed by atoms with Crippen molar-refractivity contribution in [2.75, 3.05) is 4.90 Å². The van der Waals surface area contributed by atoms with E-state index in [0.717, 1.165) is 17.1 Å². The largest absolute Gasteiger partial charge is 0.310 e. The number of benzene rings is 10. The topological polar surface area (TPSA) is 3.24 Å². The van der Waals surface area contributed by atoms with Crippen LogP contribution in [0.15, 0.2) is 231 Å². The van der Waals surface area contributed by atoms with Crippen LogP contribution in [-0.2, 0) is 5.41 Å². The van der Waals surface area contributed by atoms with Gasteiger partial charge in [-0.1, -0.05) is 188 Å². The summed E-state index contributed by atoms with van der Waals surface area (Å²) in [4.78, 5) is 2.40. The summed E-state index contributed by atoms with van der Waals surface area (Å²) in [7, 11) is 0. The lowest BCUT2D eigenvalue weighted by molar-refractivity contribution is 0.714. The fourth-order valence-corrected chi connectivity index (χ4v) is 9.74. The van der Waals surface area contributed by atoms with E-state index in [-0.39, 0.29) is 5.41 Å². The Morgan fingerprint density at radius 3 is 1.54 bits per heavy atom. The van der Waals surface area contributed by atoms with Gasteiger partial charge in [0.2, 0.25) is 0 Å². The fraction of sp³-hybridized carbons (Fsp3) is 0.0345. The summed E-state index contributed by atoms with van der Waals surface area (Å²) in [5.41, 5.74) is 17.0. The Morgan fingerprint density at radius 1 is 0.305 bits per heavy atom. The normalized spacial score (nSPS) is 14.3. The van der Waals surface area contributed by atoms with Crippen molar-refractivity contribution in [3.05, 3.63) is 247 Å². The van der Waals surface area contributed by atoms with Gasteiger partial charge >= 0.3 is 0 Å². The van der Waals surface area contributed by atoms with Gasteiger partial charge in [0.25, 0.3) is 0 Å². The number of nitrogens with zero attached hydrogens (tertiary/aromatic N) is 1. The van der Waals surface area contributed by atoms with Gasteiger partial charge in [-0.2, -0.15) is 0 Å². The van der Waals surface area contributed by atoms with Crippen molar-refractivity contribution in [1.29, 1.82) is 0 Å². The van der Waals surface area contributed by atoms with Crippen molar-refractivity contribution in [2.45, 2.75) is 12.3 Å². The maximum absolute atomic E-state index is 2.42. The lowest BCUT2D eigenvalue weighted by Crippen LogP contribution is -2.22. The van der Waals surface area contributed by atoms with E-state index in [9.17, 15) is 0 Å². The first-order chi connectivity index (χ1) is 29.2. The highest BCUT2D eigenvalue weighted by molar-refractivity contribution is 6.22. The van der Waals surface area contributed by atoms with E-state index in [1.54, 1.807) is 0 Å². The highest BCUT2D eigenvalue weighted by Crippen LogP contribution is 2.54. The van der Waals surface area contributed by atoms with E-state index < -0.39 is 0 Å². The van der Waals surface area contributed by atoms with Gasteiger partial charge in [-0.25, -0.2) is 0 Å². The van der Waals surface area contributed by atoms with Gasteiger partial charge in [-0.05, 0) is 132 Å². The molecule has 0 spiro atoms. The average molecular weight is 752 g/mol. The van der Waals surface area contributed by atoms with Crippen molar-refractivity contribution in [1.82, 2.24) is 0 Å². The average Bonchev–Trinajstić information content (AvgIpc) is 3.57. The number of rotatable bonds is 7. The van der Waals surface area contributed by atoms with Gasteiger partial charge in [0.15, 0.2) is 0 Å². The lowest BCUT2D eigenvalue weighted by atomic mass is 9.74. The van der Waals surface area contributed by atoms with Crippen LogP contribution >= 0.6 is 0 Å². The van der Waals surface area contributed by atoms with E-state index in [0.29, 0.717) is 0 Å². The molecule has 0 aromatic heterocycles. The molecule has 0 bridgehead atoms. The first-order valence-corrected chi connectivity index (χ1v) is 20.5. The second-order valence-corrected chi connectivity index (χ2v) is 15.8. The van der Waals surface area contributed by atoms with Crippen LogP contribution in [0.2, 0.25) is 0 Å². The SMILES string of the molecule is CC1(c2ccccc2)c2ccccc2-c2cc(N(c3ccccc3)c3cccc(-c4ccc5c(c4)c(-c4ccccc4)c(-c4ccccc4)c4ccccc45)c3)ccc21. The molecule has 0 N–H and O–H groups in total. The molecular formula is C58H41N. The molecule has 0 aliphatic heterocycles. The molecule has 1 heteroatoms. The van der Waals surface area contributed by atoms with Crippen molar-refractivity contribution in [2.24, 2.45) is 0 Å². The third kappa shape index (κ3) is 5.69. The summed E-state index contributed by atoms with van der Waals surface area (Å²) in [6, 6.07) is 84.5. The summed E-state index contributed by atoms with van der Waals surface area (Å²) >= 11 is 0.